The van der Waals surface area contributed by atoms with Crippen LogP contribution < -0.4 is 49.7 Å². The third kappa shape index (κ3) is 36.7. The molecule has 0 saturated heterocycles. The van der Waals surface area contributed by atoms with Crippen LogP contribution >= 0.6 is 79.9 Å². The van der Waals surface area contributed by atoms with E-state index in [1.54, 1.807) is 12.1 Å². The maximum absolute atomic E-state index is 12.2. The van der Waals surface area contributed by atoms with Crippen LogP contribution in [0.5, 0.6) is 0 Å². The van der Waals surface area contributed by atoms with Gasteiger partial charge in [0.15, 0.2) is 0 Å². The number of rotatable bonds is 31. The number of aldehydes is 1. The molecule has 0 amide bonds. The summed E-state index contributed by atoms with van der Waals surface area (Å²) >= 11 is 13.6. The molecule has 17 aromatic rings. The maximum Gasteiger partial charge on any atom is 1.00 e. The number of alkyl halides is 1. The molecule has 2 N–H and O–H groups in total. The third-order valence-electron chi connectivity index (χ3n) is 20.7. The molecular formula is C119H113BBr4N3NaO9P2. The van der Waals surface area contributed by atoms with Gasteiger partial charge in [-0.2, -0.15) is 0 Å². The molecule has 0 aliphatic carbocycles. The minimum Gasteiger partial charge on any atom is -1.00 e. The van der Waals surface area contributed by atoms with Crippen LogP contribution in [-0.4, -0.2) is 56.5 Å². The number of carbonyl (C=O) groups is 1. The second-order valence-electron chi connectivity index (χ2n) is 30.5. The smallest absolute Gasteiger partial charge is 1.00 e. The van der Waals surface area contributed by atoms with Crippen LogP contribution in [0.1, 0.15) is 79.8 Å². The number of para-hydroxylation sites is 6. The van der Waals surface area contributed by atoms with Crippen molar-refractivity contribution in [2.24, 2.45) is 0 Å². The molecule has 0 heterocycles. The molecule has 0 bridgehead atoms. The molecule has 20 heteroatoms. The molecule has 0 aromatic heterocycles. The summed E-state index contributed by atoms with van der Waals surface area (Å²) in [5.41, 5.74) is 25.2. The Kier molecular flexibility index (Phi) is 48.3. The van der Waals surface area contributed by atoms with Crippen LogP contribution in [0.15, 0.2) is 474 Å². The van der Waals surface area contributed by atoms with Crippen molar-refractivity contribution in [2.75, 3.05) is 47.7 Å². The van der Waals surface area contributed by atoms with E-state index in [0.717, 1.165) is 92.9 Å². The van der Waals surface area contributed by atoms with E-state index < -0.39 is 23.3 Å². The molecule has 0 aliphatic rings. The number of benzene rings is 17. The molecular weight excluding hydrogens is 2030 g/mol. The van der Waals surface area contributed by atoms with Gasteiger partial charge < -0.3 is 48.8 Å². The molecule has 0 radical (unpaired) electrons. The zero-order valence-electron chi connectivity index (χ0n) is 79.8. The second kappa shape index (κ2) is 61.3. The molecule has 0 fully saturated rings. The number of nitrogens with zero attached hydrogens (tertiary/aromatic N) is 3. The van der Waals surface area contributed by atoms with Crippen LogP contribution in [0.2, 0.25) is 0 Å². The van der Waals surface area contributed by atoms with Gasteiger partial charge in [-0.1, -0.05) is 391 Å². The number of hydrogen-bond donors (Lipinski definition) is 2. The Labute approximate surface area is 879 Å². The van der Waals surface area contributed by atoms with E-state index in [1.807, 2.05) is 186 Å². The fourth-order valence-corrected chi connectivity index (χ4v) is 17.9. The van der Waals surface area contributed by atoms with E-state index in [9.17, 15) is 9.36 Å². The molecule has 17 aromatic carbocycles. The number of halogens is 4. The number of hydrogen-bond acceptors (Lipinski definition) is 12. The van der Waals surface area contributed by atoms with Crippen molar-refractivity contribution in [2.45, 2.75) is 46.1 Å². The Bertz CT molecular complexity index is 6310. The van der Waals surface area contributed by atoms with Crippen LogP contribution in [0.3, 0.4) is 0 Å². The monoisotopic (exact) mass is 2140 g/mol. The van der Waals surface area contributed by atoms with Gasteiger partial charge in [0.1, 0.15) is 6.29 Å². The Morgan fingerprint density at radius 2 is 0.561 bits per heavy atom. The predicted molar refractivity (Wildman–Crippen MR) is 598 cm³/mol. The van der Waals surface area contributed by atoms with Crippen molar-refractivity contribution < 1.29 is 73.0 Å². The van der Waals surface area contributed by atoms with Crippen molar-refractivity contribution in [1.29, 1.82) is 0 Å². The van der Waals surface area contributed by atoms with Gasteiger partial charge in [-0.25, -0.2) is 0 Å². The van der Waals surface area contributed by atoms with E-state index in [1.165, 1.54) is 50.1 Å². The largest absolute Gasteiger partial charge is 1.00 e. The molecule has 0 saturated carbocycles. The minimum absolute atomic E-state index is 0. The summed E-state index contributed by atoms with van der Waals surface area (Å²) in [6.45, 7) is 12.1. The van der Waals surface area contributed by atoms with E-state index in [0.29, 0.717) is 50.2 Å². The summed E-state index contributed by atoms with van der Waals surface area (Å²) in [6, 6.07) is 156. The van der Waals surface area contributed by atoms with Crippen LogP contribution in [0.25, 0.3) is 57.7 Å². The van der Waals surface area contributed by atoms with E-state index >= 15 is 0 Å². The van der Waals surface area contributed by atoms with Gasteiger partial charge in [0.05, 0.1) is 39.2 Å². The topological polar surface area (TPSA) is 130 Å². The molecule has 700 valence electrons. The average molecular weight is 2140 g/mol. The SMILES string of the molecule is BrCc1ccc(Br)cc1.Brc1ccc(/C=C/c2ccc(N(c3ccccc3)c3ccccc3)cc2)cc1.C(=C\c1ccc(N(c2ccccc2)c2ccccc2)cc1)/c1ccc(-c2ccccc2-c2ccccc2)cc1.CCOP(=O)(Cc1ccc(Br)cc1)OCC.CCOP(OCC)OCC.O=Cc1ccc(N(c2ccccc2)c2ccccc2)cc1.OB(O)c1cccc(-c2ccccc2)c1.[H-].[Na+]. The standard InChI is InChI=1S/C38H29N.C26H20BrN.C19H15NO.C12H11BO2.C11H16BrO3P.C7H6Br2.C6H15O3P.Na.H/c1-4-12-32(13-5-1)37-18-10-11-19-38(37)33-26-22-30(23-27-33)20-21-31-24-28-36(29-25-31)39(34-14-6-2-7-15-34)35-16-8-3-9-17-35;27-23-17-13-21(14-18-23)11-12-22-15-19-26(20-16-22)28(24-7-3-1-4-8-24)25-9-5-2-6-10-25;21-15-16-11-13-19(14-12-16)20(17-7-3-1-4-8-17)18-9-5-2-6-10-18;14-13(15)12-8-4-7-11(9-12)10-5-2-1-3-6-10;1-3-14-16(13,15-4-2)9-10-5-7-11(12)8-6-10;8-5-6-1-3-7(9)4-2-6;1-4-7-10(8-5-2)9-6-3;;/h1-29H;1-20H;1-15H;1-9,14-15H;5-8H,3-4,9H2,1-2H3;1-4H,5H2;4-6H2,1-3H3;;/q;;;;;;;+1;-1/b21-20+;12-11+;;;;;;;. The van der Waals surface area contributed by atoms with Gasteiger partial charge in [-0.15, -0.1) is 0 Å². The molecule has 0 aliphatic heterocycles. The summed E-state index contributed by atoms with van der Waals surface area (Å²) in [5, 5.41) is 19.0. The van der Waals surface area contributed by atoms with Crippen molar-refractivity contribution in [3.8, 4) is 33.4 Å². The van der Waals surface area contributed by atoms with Gasteiger partial charge in [-0.05, 0) is 265 Å². The normalized spacial score (nSPS) is 10.6. The first-order valence-corrected chi connectivity index (χ1v) is 51.9. The first-order valence-electron chi connectivity index (χ1n) is 45.5. The zero-order valence-corrected chi connectivity index (χ0v) is 88.9. The predicted octanol–water partition coefficient (Wildman–Crippen LogP) is 31.8. The van der Waals surface area contributed by atoms with Gasteiger partial charge in [0.25, 0.3) is 0 Å². The second-order valence-corrected chi connectivity index (χ2v) is 37.1. The third-order valence-corrected chi connectivity index (χ3v) is 26.4. The number of carbonyl (C=O) groups excluding carboxylic acids is 1. The van der Waals surface area contributed by atoms with E-state index in [-0.39, 0.29) is 31.0 Å². The van der Waals surface area contributed by atoms with Crippen molar-refractivity contribution >= 4 is 174 Å². The maximum atomic E-state index is 12.2. The fourth-order valence-electron chi connectivity index (χ4n) is 14.2. The first kappa shape index (κ1) is 110. The van der Waals surface area contributed by atoms with Crippen molar-refractivity contribution in [3.05, 3.63) is 513 Å². The molecule has 17 rings (SSSR count). The summed E-state index contributed by atoms with van der Waals surface area (Å²) in [5.74, 6) is 0. The van der Waals surface area contributed by atoms with Crippen molar-refractivity contribution in [3.63, 3.8) is 0 Å². The summed E-state index contributed by atoms with van der Waals surface area (Å²) in [7, 11) is -5.44. The fraction of sp³-hybridized carbons (Fsp3) is 0.101. The Balaban J connectivity index is 0.000000192. The minimum atomic E-state index is -2.97. The van der Waals surface area contributed by atoms with E-state index in [2.05, 4.69) is 400 Å². The first-order chi connectivity index (χ1) is 67.6. The van der Waals surface area contributed by atoms with Crippen molar-refractivity contribution in [1.82, 2.24) is 0 Å². The van der Waals surface area contributed by atoms with Gasteiger partial charge >= 0.3 is 52.9 Å². The Morgan fingerprint density at radius 3 is 0.863 bits per heavy atom. The van der Waals surface area contributed by atoms with Crippen LogP contribution in [0, 0.1) is 0 Å². The Morgan fingerprint density at radius 1 is 0.302 bits per heavy atom. The van der Waals surface area contributed by atoms with E-state index in [4.69, 9.17) is 32.7 Å². The number of anilines is 9. The van der Waals surface area contributed by atoms with Gasteiger partial charge in [-0.3, -0.25) is 9.36 Å². The Hall–Kier alpha value is -11.3. The molecule has 0 unspecified atom stereocenters. The molecule has 12 nitrogen and oxygen atoms in total. The summed E-state index contributed by atoms with van der Waals surface area (Å²) < 4.78 is 41.3. The van der Waals surface area contributed by atoms with Crippen LogP contribution in [0.4, 0.5) is 51.2 Å². The summed E-state index contributed by atoms with van der Waals surface area (Å²) in [6.07, 6.45) is 9.80. The quantitative estimate of drug-likeness (QED) is 0.0141. The van der Waals surface area contributed by atoms with Gasteiger partial charge in [0.2, 0.25) is 0 Å². The summed E-state index contributed by atoms with van der Waals surface area (Å²) in [4.78, 5) is 17.5. The molecule has 0 atom stereocenters. The van der Waals surface area contributed by atoms with Crippen LogP contribution in [-0.2, 0) is 38.7 Å². The van der Waals surface area contributed by atoms with Gasteiger partial charge in [0, 0.05) is 75.5 Å². The molecule has 139 heavy (non-hydrogen) atoms. The average Bonchev–Trinajstić information content (AvgIpc) is 0.820. The zero-order chi connectivity index (χ0) is 97.2. The molecule has 0 spiro atoms.